The first-order valence-corrected chi connectivity index (χ1v) is 8.97. The highest BCUT2D eigenvalue weighted by Gasteiger charge is 2.07. The molecule has 27 heavy (non-hydrogen) atoms. The standard InChI is InChI=1S/C22H24N2O3/c1-16-23-19-8-4-5-9-20(19)24(16)14-6-7-18(25)12-10-17-11-13-21(26-2)22(15-17)27-3/h4-5,8-13,15H,6-7,14H2,1-3H3/b12-10+. The summed E-state index contributed by atoms with van der Waals surface area (Å²) in [7, 11) is 3.19. The lowest BCUT2D eigenvalue weighted by Crippen LogP contribution is -2.03. The number of allylic oxidation sites excluding steroid dienone is 1. The normalized spacial score (nSPS) is 11.2. The Hall–Kier alpha value is -3.08. The molecule has 0 saturated carbocycles. The third-order valence-electron chi connectivity index (χ3n) is 4.52. The molecule has 3 rings (SSSR count). The van der Waals surface area contributed by atoms with Crippen molar-refractivity contribution in [3.8, 4) is 11.5 Å². The Bertz CT molecular complexity index is 973. The lowest BCUT2D eigenvalue weighted by molar-refractivity contribution is -0.114. The number of imidazole rings is 1. The minimum absolute atomic E-state index is 0.104. The number of hydrogen-bond donors (Lipinski definition) is 0. The van der Waals surface area contributed by atoms with Crippen molar-refractivity contribution in [3.63, 3.8) is 0 Å². The molecule has 0 radical (unpaired) electrons. The van der Waals surface area contributed by atoms with Crippen LogP contribution in [0.1, 0.15) is 24.2 Å². The van der Waals surface area contributed by atoms with Crippen molar-refractivity contribution >= 4 is 22.9 Å². The largest absolute Gasteiger partial charge is 0.493 e. The monoisotopic (exact) mass is 364 g/mol. The van der Waals surface area contributed by atoms with Crippen molar-refractivity contribution < 1.29 is 14.3 Å². The molecule has 0 bridgehead atoms. The van der Waals surface area contributed by atoms with E-state index in [1.165, 1.54) is 0 Å². The molecule has 5 nitrogen and oxygen atoms in total. The highest BCUT2D eigenvalue weighted by Crippen LogP contribution is 2.28. The van der Waals surface area contributed by atoms with Crippen LogP contribution in [0.25, 0.3) is 17.1 Å². The Morgan fingerprint density at radius 1 is 1.11 bits per heavy atom. The van der Waals surface area contributed by atoms with Crippen LogP contribution >= 0.6 is 0 Å². The summed E-state index contributed by atoms with van der Waals surface area (Å²) in [6, 6.07) is 13.6. The molecule has 0 unspecified atom stereocenters. The van der Waals surface area contributed by atoms with Crippen molar-refractivity contribution in [2.45, 2.75) is 26.3 Å². The second-order valence-electron chi connectivity index (χ2n) is 6.32. The maximum atomic E-state index is 12.2. The summed E-state index contributed by atoms with van der Waals surface area (Å²) >= 11 is 0. The van der Waals surface area contributed by atoms with Gasteiger partial charge in [0, 0.05) is 13.0 Å². The summed E-state index contributed by atoms with van der Waals surface area (Å²) in [5.74, 6) is 2.40. The molecule has 5 heteroatoms. The molecule has 0 aliphatic heterocycles. The zero-order valence-corrected chi connectivity index (χ0v) is 15.9. The number of benzene rings is 2. The Morgan fingerprint density at radius 3 is 2.67 bits per heavy atom. The van der Waals surface area contributed by atoms with E-state index in [1.54, 1.807) is 20.3 Å². The molecule has 0 spiro atoms. The van der Waals surface area contributed by atoms with Gasteiger partial charge < -0.3 is 14.0 Å². The first-order chi connectivity index (χ1) is 13.1. The lowest BCUT2D eigenvalue weighted by atomic mass is 10.1. The predicted molar refractivity (Wildman–Crippen MR) is 107 cm³/mol. The zero-order chi connectivity index (χ0) is 19.2. The van der Waals surface area contributed by atoms with Crippen LogP contribution in [0.2, 0.25) is 0 Å². The molecule has 0 fully saturated rings. The van der Waals surface area contributed by atoms with E-state index in [4.69, 9.17) is 9.47 Å². The lowest BCUT2D eigenvalue weighted by Gasteiger charge is -2.07. The minimum atomic E-state index is 0.104. The van der Waals surface area contributed by atoms with Gasteiger partial charge in [0.15, 0.2) is 17.3 Å². The number of fused-ring (bicyclic) bond motifs is 1. The van der Waals surface area contributed by atoms with Crippen molar-refractivity contribution in [2.75, 3.05) is 14.2 Å². The summed E-state index contributed by atoms with van der Waals surface area (Å²) in [6.45, 7) is 2.78. The van der Waals surface area contributed by atoms with Gasteiger partial charge in [0.05, 0.1) is 25.3 Å². The molecule has 0 saturated heterocycles. The summed E-state index contributed by atoms with van der Waals surface area (Å²) in [4.78, 5) is 16.8. The van der Waals surface area contributed by atoms with Gasteiger partial charge in [-0.05, 0) is 49.2 Å². The molecule has 0 amide bonds. The van der Waals surface area contributed by atoms with E-state index in [1.807, 2.05) is 49.4 Å². The molecule has 1 aromatic heterocycles. The van der Waals surface area contributed by atoms with Crippen LogP contribution in [0.5, 0.6) is 11.5 Å². The average molecular weight is 364 g/mol. The number of aryl methyl sites for hydroxylation is 2. The molecular formula is C22H24N2O3. The van der Waals surface area contributed by atoms with Gasteiger partial charge in [-0.1, -0.05) is 24.3 Å². The Kier molecular flexibility index (Phi) is 5.91. The van der Waals surface area contributed by atoms with Crippen LogP contribution in [0.3, 0.4) is 0 Å². The van der Waals surface area contributed by atoms with E-state index in [2.05, 4.69) is 15.6 Å². The van der Waals surface area contributed by atoms with Gasteiger partial charge in [0.25, 0.3) is 0 Å². The second-order valence-corrected chi connectivity index (χ2v) is 6.32. The molecule has 2 aromatic carbocycles. The molecule has 0 aliphatic carbocycles. The molecular weight excluding hydrogens is 340 g/mol. The fraction of sp³-hybridized carbons (Fsp3) is 0.273. The van der Waals surface area contributed by atoms with Crippen LogP contribution in [0.4, 0.5) is 0 Å². The van der Waals surface area contributed by atoms with E-state index in [-0.39, 0.29) is 5.78 Å². The van der Waals surface area contributed by atoms with Crippen LogP contribution in [-0.4, -0.2) is 29.6 Å². The second kappa shape index (κ2) is 8.54. The Labute approximate surface area is 159 Å². The number of nitrogens with zero attached hydrogens (tertiary/aromatic N) is 2. The van der Waals surface area contributed by atoms with E-state index in [0.29, 0.717) is 17.9 Å². The number of aromatic nitrogens is 2. The van der Waals surface area contributed by atoms with Gasteiger partial charge in [0.1, 0.15) is 5.82 Å². The van der Waals surface area contributed by atoms with Crippen LogP contribution < -0.4 is 9.47 Å². The van der Waals surface area contributed by atoms with Gasteiger partial charge in [-0.2, -0.15) is 0 Å². The summed E-state index contributed by atoms with van der Waals surface area (Å²) in [5, 5.41) is 0. The highest BCUT2D eigenvalue weighted by atomic mass is 16.5. The fourth-order valence-corrected chi connectivity index (χ4v) is 3.12. The Balaban J connectivity index is 1.58. The van der Waals surface area contributed by atoms with Gasteiger partial charge in [-0.25, -0.2) is 4.98 Å². The van der Waals surface area contributed by atoms with Crippen LogP contribution in [-0.2, 0) is 11.3 Å². The van der Waals surface area contributed by atoms with Crippen molar-refractivity contribution in [2.24, 2.45) is 0 Å². The van der Waals surface area contributed by atoms with E-state index in [9.17, 15) is 4.79 Å². The first kappa shape index (κ1) is 18.7. The van der Waals surface area contributed by atoms with Crippen LogP contribution in [0, 0.1) is 6.92 Å². The number of rotatable bonds is 8. The highest BCUT2D eigenvalue weighted by molar-refractivity contribution is 5.93. The zero-order valence-electron chi connectivity index (χ0n) is 15.9. The number of methoxy groups -OCH3 is 2. The third kappa shape index (κ3) is 4.37. The van der Waals surface area contributed by atoms with Gasteiger partial charge in [0.2, 0.25) is 0 Å². The molecule has 140 valence electrons. The smallest absolute Gasteiger partial charge is 0.161 e. The van der Waals surface area contributed by atoms with E-state index in [0.717, 1.165) is 35.4 Å². The van der Waals surface area contributed by atoms with Crippen molar-refractivity contribution in [1.82, 2.24) is 9.55 Å². The third-order valence-corrected chi connectivity index (χ3v) is 4.52. The van der Waals surface area contributed by atoms with E-state index >= 15 is 0 Å². The maximum Gasteiger partial charge on any atom is 0.161 e. The van der Waals surface area contributed by atoms with Crippen LogP contribution in [0.15, 0.2) is 48.5 Å². The number of carbonyl (C=O) groups is 1. The maximum absolute atomic E-state index is 12.2. The first-order valence-electron chi connectivity index (χ1n) is 8.97. The predicted octanol–water partition coefficient (Wildman–Crippen LogP) is 4.42. The number of carbonyl (C=O) groups excluding carboxylic acids is 1. The van der Waals surface area contributed by atoms with Crippen molar-refractivity contribution in [3.05, 3.63) is 59.9 Å². The number of ether oxygens (including phenoxy) is 2. The quantitative estimate of drug-likeness (QED) is 0.555. The molecule has 3 aromatic rings. The fourth-order valence-electron chi connectivity index (χ4n) is 3.12. The molecule has 0 N–H and O–H groups in total. The van der Waals surface area contributed by atoms with E-state index < -0.39 is 0 Å². The number of ketones is 1. The minimum Gasteiger partial charge on any atom is -0.493 e. The molecule has 0 atom stereocenters. The summed E-state index contributed by atoms with van der Waals surface area (Å²) in [6.07, 6.45) is 4.70. The topological polar surface area (TPSA) is 53.4 Å². The number of hydrogen-bond acceptors (Lipinski definition) is 4. The number of para-hydroxylation sites is 2. The van der Waals surface area contributed by atoms with Gasteiger partial charge in [-0.3, -0.25) is 4.79 Å². The van der Waals surface area contributed by atoms with Crippen molar-refractivity contribution in [1.29, 1.82) is 0 Å². The SMILES string of the molecule is COc1ccc(/C=C/C(=O)CCCn2c(C)nc3ccccc32)cc1OC. The summed E-state index contributed by atoms with van der Waals surface area (Å²) < 4.78 is 12.7. The van der Waals surface area contributed by atoms with Gasteiger partial charge in [-0.15, -0.1) is 0 Å². The molecule has 0 aliphatic rings. The molecule has 1 heterocycles. The Morgan fingerprint density at radius 2 is 1.89 bits per heavy atom. The van der Waals surface area contributed by atoms with Gasteiger partial charge >= 0.3 is 0 Å². The summed E-state index contributed by atoms with van der Waals surface area (Å²) in [5.41, 5.74) is 3.01. The average Bonchev–Trinajstić information content (AvgIpc) is 3.01.